The molecule has 0 saturated carbocycles. The highest BCUT2D eigenvalue weighted by Gasteiger charge is 2.55. The first-order valence-electron chi connectivity index (χ1n) is 13.8. The Morgan fingerprint density at radius 3 is 2.08 bits per heavy atom. The molecule has 0 bridgehead atoms. The van der Waals surface area contributed by atoms with E-state index in [2.05, 4.69) is 41.8 Å². The number of unbranched alkanes of at least 4 members (excludes halogenated alkanes) is 3. The van der Waals surface area contributed by atoms with E-state index in [9.17, 15) is 0 Å². The number of nitrogens with zero attached hydrogens (tertiary/aromatic N) is 5. The van der Waals surface area contributed by atoms with Gasteiger partial charge in [-0.2, -0.15) is 0 Å². The zero-order valence-corrected chi connectivity index (χ0v) is 22.1. The number of oxazole rings is 2. The number of hydrogen-bond donors (Lipinski definition) is 1. The molecule has 39 heavy (non-hydrogen) atoms. The summed E-state index contributed by atoms with van der Waals surface area (Å²) in [5, 5.41) is 9.18. The quantitative estimate of drug-likeness (QED) is 0.193. The topological polar surface area (TPSA) is 101 Å². The summed E-state index contributed by atoms with van der Waals surface area (Å²) in [6.45, 7) is 2.92. The zero-order chi connectivity index (χ0) is 26.5. The molecular formula is C31H32N6O2. The van der Waals surface area contributed by atoms with Crippen LogP contribution >= 0.6 is 0 Å². The average molecular weight is 521 g/mol. The van der Waals surface area contributed by atoms with Gasteiger partial charge in [0.25, 0.3) is 0 Å². The largest absolute Gasteiger partial charge is 0.437 e. The second-order valence-corrected chi connectivity index (χ2v) is 9.96. The van der Waals surface area contributed by atoms with Gasteiger partial charge in [0.05, 0.1) is 5.92 Å². The molecule has 0 aliphatic carbocycles. The minimum absolute atomic E-state index is 0.289. The Morgan fingerprint density at radius 1 is 0.795 bits per heavy atom. The van der Waals surface area contributed by atoms with Crippen LogP contribution in [0.25, 0.3) is 22.2 Å². The van der Waals surface area contributed by atoms with Gasteiger partial charge >= 0.3 is 0 Å². The van der Waals surface area contributed by atoms with Crippen molar-refractivity contribution in [3.8, 4) is 0 Å². The molecule has 0 fully saturated rings. The molecular weight excluding hydrogens is 488 g/mol. The molecule has 0 saturated heterocycles. The summed E-state index contributed by atoms with van der Waals surface area (Å²) in [5.74, 6) is 1.26. The molecule has 0 amide bonds. The molecule has 1 unspecified atom stereocenters. The van der Waals surface area contributed by atoms with E-state index in [1.54, 1.807) is 0 Å². The number of nitrogens with one attached hydrogen (secondary N) is 1. The number of amidine groups is 1. The molecule has 8 heteroatoms. The lowest BCUT2D eigenvalue weighted by molar-refractivity contribution is 0.236. The van der Waals surface area contributed by atoms with Crippen LogP contribution in [0.1, 0.15) is 56.4 Å². The lowest BCUT2D eigenvalue weighted by Gasteiger charge is -2.34. The van der Waals surface area contributed by atoms with Crippen LogP contribution in [-0.2, 0) is 12.0 Å². The average Bonchev–Trinajstić information content (AvgIpc) is 3.62. The van der Waals surface area contributed by atoms with Crippen molar-refractivity contribution in [2.75, 3.05) is 6.54 Å². The normalized spacial score (nSPS) is 17.7. The first-order valence-corrected chi connectivity index (χ1v) is 13.8. The zero-order valence-electron chi connectivity index (χ0n) is 22.1. The second-order valence-electron chi connectivity index (χ2n) is 9.96. The third-order valence-corrected chi connectivity index (χ3v) is 7.30. The Labute approximate surface area is 227 Å². The summed E-state index contributed by atoms with van der Waals surface area (Å²) in [4.78, 5) is 14.8. The maximum atomic E-state index is 6.40. The lowest BCUT2D eigenvalue weighted by atomic mass is 9.78. The van der Waals surface area contributed by atoms with Crippen molar-refractivity contribution in [1.82, 2.24) is 15.4 Å². The van der Waals surface area contributed by atoms with Gasteiger partial charge in [0.15, 0.2) is 11.2 Å². The fraction of sp³-hybridized carbons (Fsp3) is 0.323. The summed E-state index contributed by atoms with van der Waals surface area (Å²) < 4.78 is 12.8. The van der Waals surface area contributed by atoms with Crippen molar-refractivity contribution in [3.05, 3.63) is 96.2 Å². The van der Waals surface area contributed by atoms with Crippen LogP contribution < -0.4 is 5.43 Å². The van der Waals surface area contributed by atoms with Crippen LogP contribution in [0, 0.1) is 5.92 Å². The Morgan fingerprint density at radius 2 is 1.44 bits per heavy atom. The number of para-hydroxylation sites is 4. The predicted molar refractivity (Wildman–Crippen MR) is 151 cm³/mol. The molecule has 0 radical (unpaired) electrons. The van der Waals surface area contributed by atoms with Gasteiger partial charge < -0.3 is 8.83 Å². The molecule has 1 aliphatic rings. The molecule has 3 aromatic carbocycles. The van der Waals surface area contributed by atoms with Crippen LogP contribution in [0.5, 0.6) is 0 Å². The SMILES string of the molecule is CCCCCCN=C1NN=NC(c2nc3ccccc3o2)(c2nc3ccccc3o2)C1CCc1ccccc1. The van der Waals surface area contributed by atoms with Crippen molar-refractivity contribution in [1.29, 1.82) is 0 Å². The Hall–Kier alpha value is -4.33. The van der Waals surface area contributed by atoms with E-state index in [1.807, 2.05) is 54.6 Å². The van der Waals surface area contributed by atoms with Gasteiger partial charge in [-0.1, -0.05) is 86.0 Å². The number of hydrogen-bond acceptors (Lipinski definition) is 7. The van der Waals surface area contributed by atoms with Crippen LogP contribution in [0.4, 0.5) is 0 Å². The number of aromatic nitrogens is 2. The molecule has 1 aliphatic heterocycles. The number of aryl methyl sites for hydroxylation is 1. The van der Waals surface area contributed by atoms with Crippen LogP contribution in [0.15, 0.2) is 103 Å². The first-order chi connectivity index (χ1) is 19.3. The number of aliphatic imine (C=N–C) groups is 1. The van der Waals surface area contributed by atoms with Crippen molar-refractivity contribution in [3.63, 3.8) is 0 Å². The number of rotatable bonds is 10. The highest BCUT2D eigenvalue weighted by atomic mass is 16.4. The van der Waals surface area contributed by atoms with Gasteiger partial charge in [-0.25, -0.2) is 15.4 Å². The van der Waals surface area contributed by atoms with Crippen LogP contribution in [0.3, 0.4) is 0 Å². The third-order valence-electron chi connectivity index (χ3n) is 7.30. The maximum Gasteiger partial charge on any atom is 0.244 e. The molecule has 3 heterocycles. The minimum atomic E-state index is -1.22. The van der Waals surface area contributed by atoms with E-state index in [1.165, 1.54) is 18.4 Å². The van der Waals surface area contributed by atoms with Crippen molar-refractivity contribution < 1.29 is 8.83 Å². The predicted octanol–water partition coefficient (Wildman–Crippen LogP) is 7.41. The summed E-state index contributed by atoms with van der Waals surface area (Å²) >= 11 is 0. The van der Waals surface area contributed by atoms with E-state index in [-0.39, 0.29) is 5.92 Å². The van der Waals surface area contributed by atoms with E-state index in [0.29, 0.717) is 35.9 Å². The first kappa shape index (κ1) is 25.0. The van der Waals surface area contributed by atoms with Gasteiger partial charge in [0.2, 0.25) is 17.3 Å². The second kappa shape index (κ2) is 11.2. The van der Waals surface area contributed by atoms with Crippen LogP contribution in [0.2, 0.25) is 0 Å². The maximum absolute atomic E-state index is 6.40. The van der Waals surface area contributed by atoms with E-state index < -0.39 is 5.54 Å². The van der Waals surface area contributed by atoms with Gasteiger partial charge in [-0.05, 0) is 49.1 Å². The molecule has 198 valence electrons. The summed E-state index contributed by atoms with van der Waals surface area (Å²) in [5.41, 5.74) is 5.98. The highest BCUT2D eigenvalue weighted by molar-refractivity contribution is 5.87. The fourth-order valence-electron chi connectivity index (χ4n) is 5.23. The molecule has 5 aromatic rings. The Kier molecular flexibility index (Phi) is 7.17. The third kappa shape index (κ3) is 4.94. The number of fused-ring (bicyclic) bond motifs is 2. The Balaban J connectivity index is 1.50. The monoisotopic (exact) mass is 520 g/mol. The summed E-state index contributed by atoms with van der Waals surface area (Å²) in [6.07, 6.45) is 6.05. The van der Waals surface area contributed by atoms with Gasteiger partial charge in [0.1, 0.15) is 16.9 Å². The molecule has 0 spiro atoms. The van der Waals surface area contributed by atoms with E-state index >= 15 is 0 Å². The number of benzene rings is 3. The van der Waals surface area contributed by atoms with Crippen molar-refractivity contribution in [2.45, 2.75) is 51.0 Å². The lowest BCUT2D eigenvalue weighted by Crippen LogP contribution is -2.47. The molecule has 1 atom stereocenters. The smallest absolute Gasteiger partial charge is 0.244 e. The Bertz CT molecular complexity index is 1460. The van der Waals surface area contributed by atoms with Gasteiger partial charge in [0, 0.05) is 6.54 Å². The van der Waals surface area contributed by atoms with Gasteiger partial charge in [-0.15, -0.1) is 5.11 Å². The fourth-order valence-corrected chi connectivity index (χ4v) is 5.23. The summed E-state index contributed by atoms with van der Waals surface area (Å²) in [7, 11) is 0. The highest BCUT2D eigenvalue weighted by Crippen LogP contribution is 2.46. The molecule has 6 rings (SSSR count). The molecule has 1 N–H and O–H groups in total. The molecule has 2 aromatic heterocycles. The van der Waals surface area contributed by atoms with Crippen molar-refractivity contribution >= 4 is 28.0 Å². The van der Waals surface area contributed by atoms with Gasteiger partial charge in [-0.3, -0.25) is 4.99 Å². The summed E-state index contributed by atoms with van der Waals surface area (Å²) in [6, 6.07) is 25.9. The van der Waals surface area contributed by atoms with E-state index in [0.717, 1.165) is 36.1 Å². The standard InChI is InChI=1S/C31H32N6O2/c1-2-3-4-12-21-32-28-23(20-19-22-13-6-5-7-14-22)31(36-37-35-28,29-33-24-15-8-10-17-26(24)38-29)30-34-25-16-9-11-18-27(25)39-30/h5-11,13-18,23H,2-4,12,19-21H2,1H3,(H,32,35,36). The van der Waals surface area contributed by atoms with Crippen molar-refractivity contribution in [2.24, 2.45) is 21.2 Å². The molecule has 8 nitrogen and oxygen atoms in total. The van der Waals surface area contributed by atoms with Crippen LogP contribution in [-0.4, -0.2) is 22.3 Å². The minimum Gasteiger partial charge on any atom is -0.437 e. The van der Waals surface area contributed by atoms with E-state index in [4.69, 9.17) is 28.9 Å².